The molecule has 200 valence electrons. The van der Waals surface area contributed by atoms with Crippen molar-refractivity contribution < 1.29 is 19.1 Å². The predicted molar refractivity (Wildman–Crippen MR) is 140 cm³/mol. The zero-order valence-corrected chi connectivity index (χ0v) is 22.8. The first kappa shape index (κ1) is 29.3. The number of hydrogen-bond donors (Lipinski definition) is 4. The van der Waals surface area contributed by atoms with Gasteiger partial charge in [-0.3, -0.25) is 15.0 Å². The Morgan fingerprint density at radius 2 is 1.83 bits per heavy atom. The Labute approximate surface area is 214 Å². The Balaban J connectivity index is 2.04. The molecule has 0 aromatic heterocycles. The molecule has 1 heterocycles. The van der Waals surface area contributed by atoms with E-state index in [-0.39, 0.29) is 30.2 Å². The number of ether oxygens (including phenoxy) is 1. The largest absolute Gasteiger partial charge is 0.450 e. The van der Waals surface area contributed by atoms with Crippen LogP contribution >= 0.6 is 11.8 Å². The standard InChI is InChI=1S/C25H45N5O4S/c1-6-34-24(33)29-20(25(4,5)35-15-16(2)3)23(32)30-13-7-8-19(30)22(31)28-14-17-9-11-18(12-10-17)21(26)27/h16-20H,6-15H2,1-5H3,(H3,26,27)(H,28,31)(H,29,33)/t17?,18?,19-,20-/m0/s1. The van der Waals surface area contributed by atoms with Gasteiger partial charge in [-0.25, -0.2) is 4.79 Å². The Hall–Kier alpha value is -1.97. The number of carbonyl (C=O) groups is 3. The third-order valence-electron chi connectivity index (χ3n) is 6.96. The lowest BCUT2D eigenvalue weighted by atomic mass is 9.81. The number of nitrogens with zero attached hydrogens (tertiary/aromatic N) is 1. The summed E-state index contributed by atoms with van der Waals surface area (Å²) in [5.74, 6) is 1.69. The SMILES string of the molecule is CCOC(=O)N[C@@H](C(=O)N1CCC[C@H]1C(=O)NCC1CCC(C(=N)N)CC1)C(C)(C)SCC(C)C. The number of likely N-dealkylation sites (tertiary alicyclic amines) is 1. The van der Waals surface area contributed by atoms with Crippen LogP contribution in [-0.2, 0) is 14.3 Å². The van der Waals surface area contributed by atoms with Gasteiger partial charge in [0.15, 0.2) is 0 Å². The van der Waals surface area contributed by atoms with Crippen molar-refractivity contribution in [2.75, 3.05) is 25.4 Å². The number of amides is 3. The molecule has 2 atom stereocenters. The zero-order valence-electron chi connectivity index (χ0n) is 22.0. The van der Waals surface area contributed by atoms with Gasteiger partial charge in [-0.05, 0) is 76.9 Å². The van der Waals surface area contributed by atoms with E-state index in [0.717, 1.165) is 37.9 Å². The van der Waals surface area contributed by atoms with Crippen molar-refractivity contribution in [3.8, 4) is 0 Å². The number of hydrogen-bond acceptors (Lipinski definition) is 6. The highest BCUT2D eigenvalue weighted by Gasteiger charge is 2.44. The molecule has 5 N–H and O–H groups in total. The van der Waals surface area contributed by atoms with Crippen LogP contribution in [0.5, 0.6) is 0 Å². The molecule has 1 aliphatic carbocycles. The summed E-state index contributed by atoms with van der Waals surface area (Å²) in [4.78, 5) is 40.8. The monoisotopic (exact) mass is 511 g/mol. The van der Waals surface area contributed by atoms with E-state index in [0.29, 0.717) is 31.3 Å². The van der Waals surface area contributed by atoms with Crippen molar-refractivity contribution in [1.82, 2.24) is 15.5 Å². The van der Waals surface area contributed by atoms with Gasteiger partial charge in [0.1, 0.15) is 12.1 Å². The number of thioether (sulfide) groups is 1. The number of alkyl carbamates (subject to hydrolysis) is 1. The van der Waals surface area contributed by atoms with E-state index in [1.165, 1.54) is 0 Å². The van der Waals surface area contributed by atoms with Crippen LogP contribution in [0, 0.1) is 23.2 Å². The molecule has 10 heteroatoms. The van der Waals surface area contributed by atoms with Gasteiger partial charge in [-0.15, -0.1) is 0 Å². The van der Waals surface area contributed by atoms with Crippen molar-refractivity contribution in [2.24, 2.45) is 23.5 Å². The summed E-state index contributed by atoms with van der Waals surface area (Å²) in [6.45, 7) is 11.2. The van der Waals surface area contributed by atoms with E-state index in [1.807, 2.05) is 13.8 Å². The second-order valence-electron chi connectivity index (χ2n) is 10.7. The van der Waals surface area contributed by atoms with Crippen molar-refractivity contribution in [3.05, 3.63) is 0 Å². The fraction of sp³-hybridized carbons (Fsp3) is 0.840. The molecule has 0 aromatic rings. The minimum atomic E-state index is -0.805. The van der Waals surface area contributed by atoms with Gasteiger partial charge in [-0.2, -0.15) is 11.8 Å². The Kier molecular flexibility index (Phi) is 11.2. The molecule has 0 bridgehead atoms. The van der Waals surface area contributed by atoms with Crippen LogP contribution in [0.25, 0.3) is 0 Å². The van der Waals surface area contributed by atoms with Crippen LogP contribution in [0.2, 0.25) is 0 Å². The summed E-state index contributed by atoms with van der Waals surface area (Å²) in [7, 11) is 0. The van der Waals surface area contributed by atoms with Gasteiger partial charge < -0.3 is 26.0 Å². The first-order chi connectivity index (χ1) is 16.5. The lowest BCUT2D eigenvalue weighted by Crippen LogP contribution is -2.60. The zero-order chi connectivity index (χ0) is 26.2. The molecule has 1 saturated heterocycles. The normalized spacial score (nSPS) is 23.6. The van der Waals surface area contributed by atoms with E-state index in [9.17, 15) is 14.4 Å². The van der Waals surface area contributed by atoms with Gasteiger partial charge >= 0.3 is 6.09 Å². The Morgan fingerprint density at radius 3 is 2.40 bits per heavy atom. The van der Waals surface area contributed by atoms with Crippen LogP contribution in [-0.4, -0.2) is 70.9 Å². The number of rotatable bonds is 11. The van der Waals surface area contributed by atoms with Crippen molar-refractivity contribution in [1.29, 1.82) is 5.41 Å². The highest BCUT2D eigenvalue weighted by molar-refractivity contribution is 8.00. The maximum absolute atomic E-state index is 13.7. The van der Waals surface area contributed by atoms with Gasteiger partial charge in [0.05, 0.1) is 12.4 Å². The molecule has 0 radical (unpaired) electrons. The number of nitrogens with two attached hydrogens (primary N) is 1. The lowest BCUT2D eigenvalue weighted by Gasteiger charge is -2.37. The maximum atomic E-state index is 13.7. The Morgan fingerprint density at radius 1 is 1.17 bits per heavy atom. The number of amidine groups is 1. The molecule has 9 nitrogen and oxygen atoms in total. The van der Waals surface area contributed by atoms with Gasteiger partial charge in [0.25, 0.3) is 0 Å². The van der Waals surface area contributed by atoms with Crippen LogP contribution < -0.4 is 16.4 Å². The van der Waals surface area contributed by atoms with Crippen molar-refractivity contribution >= 4 is 35.5 Å². The summed E-state index contributed by atoms with van der Waals surface area (Å²) < 4.78 is 4.50. The molecule has 0 spiro atoms. The average molecular weight is 512 g/mol. The summed E-state index contributed by atoms with van der Waals surface area (Å²) in [6, 6.07) is -1.34. The first-order valence-electron chi connectivity index (χ1n) is 13.0. The van der Waals surface area contributed by atoms with Crippen molar-refractivity contribution in [3.63, 3.8) is 0 Å². The average Bonchev–Trinajstić information content (AvgIpc) is 3.30. The predicted octanol–water partition coefficient (Wildman–Crippen LogP) is 3.12. The molecule has 2 rings (SSSR count). The topological polar surface area (TPSA) is 138 Å². The van der Waals surface area contributed by atoms with Crippen LogP contribution in [0.1, 0.15) is 73.1 Å². The minimum Gasteiger partial charge on any atom is -0.450 e. The van der Waals surface area contributed by atoms with Gasteiger partial charge in [-0.1, -0.05) is 13.8 Å². The third kappa shape index (κ3) is 8.58. The minimum absolute atomic E-state index is 0.132. The third-order valence-corrected chi connectivity index (χ3v) is 8.77. The molecule has 1 saturated carbocycles. The molecule has 35 heavy (non-hydrogen) atoms. The van der Waals surface area contributed by atoms with Crippen LogP contribution in [0.3, 0.4) is 0 Å². The molecule has 0 unspecified atom stereocenters. The maximum Gasteiger partial charge on any atom is 0.407 e. The van der Waals surface area contributed by atoms with E-state index >= 15 is 0 Å². The number of carbonyl (C=O) groups excluding carboxylic acids is 3. The molecular formula is C25H45N5O4S. The molecular weight excluding hydrogens is 466 g/mol. The van der Waals surface area contributed by atoms with Gasteiger partial charge in [0.2, 0.25) is 11.8 Å². The first-order valence-corrected chi connectivity index (χ1v) is 13.9. The van der Waals surface area contributed by atoms with Crippen LogP contribution in [0.15, 0.2) is 0 Å². The highest BCUT2D eigenvalue weighted by Crippen LogP contribution is 2.33. The molecule has 2 aliphatic rings. The van der Waals surface area contributed by atoms with Gasteiger partial charge in [0, 0.05) is 23.8 Å². The van der Waals surface area contributed by atoms with E-state index in [2.05, 4.69) is 24.5 Å². The van der Waals surface area contributed by atoms with E-state index < -0.39 is 22.9 Å². The van der Waals surface area contributed by atoms with Crippen LogP contribution in [0.4, 0.5) is 4.79 Å². The summed E-state index contributed by atoms with van der Waals surface area (Å²) in [5, 5.41) is 13.5. The summed E-state index contributed by atoms with van der Waals surface area (Å²) in [5.41, 5.74) is 5.64. The number of nitrogens with one attached hydrogen (secondary N) is 3. The van der Waals surface area contributed by atoms with E-state index in [4.69, 9.17) is 15.9 Å². The van der Waals surface area contributed by atoms with Crippen molar-refractivity contribution in [2.45, 2.75) is 90.0 Å². The Bertz CT molecular complexity index is 752. The lowest BCUT2D eigenvalue weighted by molar-refractivity contribution is -0.140. The second kappa shape index (κ2) is 13.4. The summed E-state index contributed by atoms with van der Waals surface area (Å²) >= 11 is 1.64. The quantitative estimate of drug-likeness (QED) is 0.248. The fourth-order valence-corrected chi connectivity index (χ4v) is 5.89. The molecule has 2 fully saturated rings. The molecule has 1 aliphatic heterocycles. The summed E-state index contributed by atoms with van der Waals surface area (Å²) in [6.07, 6.45) is 4.38. The molecule has 3 amide bonds. The molecule has 0 aromatic carbocycles. The smallest absolute Gasteiger partial charge is 0.407 e. The fourth-order valence-electron chi connectivity index (χ4n) is 4.80. The second-order valence-corrected chi connectivity index (χ2v) is 12.4. The van der Waals surface area contributed by atoms with E-state index in [1.54, 1.807) is 23.6 Å². The highest BCUT2D eigenvalue weighted by atomic mass is 32.2.